The Morgan fingerprint density at radius 3 is 2.87 bits per heavy atom. The van der Waals surface area contributed by atoms with Crippen LogP contribution in [0.5, 0.6) is 0 Å². The van der Waals surface area contributed by atoms with E-state index in [-0.39, 0.29) is 29.7 Å². The minimum absolute atomic E-state index is 0.0610. The molecule has 5 rings (SSSR count). The van der Waals surface area contributed by atoms with Crippen molar-refractivity contribution in [2.45, 2.75) is 43.7 Å². The lowest BCUT2D eigenvalue weighted by molar-refractivity contribution is -0.128. The number of aromatic nitrogens is 1. The highest BCUT2D eigenvalue weighted by Crippen LogP contribution is 2.47. The lowest BCUT2D eigenvalue weighted by atomic mass is 9.75. The third-order valence-electron chi connectivity index (χ3n) is 6.69. The SMILES string of the molecule is O=C1OC2(CCC(C(=O)N[C@H]3CCN(c4cccc(F)c4)C3)CC2)c2cnccc21. The molecule has 1 aromatic carbocycles. The smallest absolute Gasteiger partial charge is 0.339 e. The fraction of sp³-hybridized carbons (Fsp3) is 0.435. The Morgan fingerprint density at radius 2 is 2.07 bits per heavy atom. The van der Waals surface area contributed by atoms with E-state index in [1.54, 1.807) is 24.5 Å². The predicted molar refractivity (Wildman–Crippen MR) is 108 cm³/mol. The molecule has 2 aromatic rings. The van der Waals surface area contributed by atoms with Gasteiger partial charge in [-0.15, -0.1) is 0 Å². The number of esters is 1. The molecule has 30 heavy (non-hydrogen) atoms. The van der Waals surface area contributed by atoms with E-state index in [0.29, 0.717) is 37.8 Å². The molecule has 0 unspecified atom stereocenters. The van der Waals surface area contributed by atoms with Crippen molar-refractivity contribution in [3.63, 3.8) is 0 Å². The van der Waals surface area contributed by atoms with Crippen molar-refractivity contribution in [1.82, 2.24) is 10.3 Å². The van der Waals surface area contributed by atoms with Crippen LogP contribution in [0, 0.1) is 11.7 Å². The van der Waals surface area contributed by atoms with E-state index in [4.69, 9.17) is 4.74 Å². The quantitative estimate of drug-likeness (QED) is 0.789. The van der Waals surface area contributed by atoms with Gasteiger partial charge in [-0.2, -0.15) is 0 Å². The number of carbonyl (C=O) groups is 2. The number of nitrogens with one attached hydrogen (secondary N) is 1. The maximum absolute atomic E-state index is 13.5. The lowest BCUT2D eigenvalue weighted by Crippen LogP contribution is -2.43. The zero-order chi connectivity index (χ0) is 20.7. The molecule has 3 heterocycles. The average molecular weight is 409 g/mol. The summed E-state index contributed by atoms with van der Waals surface area (Å²) in [6, 6.07) is 8.33. The van der Waals surface area contributed by atoms with E-state index in [9.17, 15) is 14.0 Å². The number of halogens is 1. The number of carbonyl (C=O) groups excluding carboxylic acids is 2. The number of hydrogen-bond donors (Lipinski definition) is 1. The summed E-state index contributed by atoms with van der Waals surface area (Å²) in [5.74, 6) is -0.566. The molecule has 156 valence electrons. The predicted octanol–water partition coefficient (Wildman–Crippen LogP) is 3.17. The van der Waals surface area contributed by atoms with E-state index in [1.807, 2.05) is 6.07 Å². The highest BCUT2D eigenvalue weighted by molar-refractivity contribution is 5.94. The summed E-state index contributed by atoms with van der Waals surface area (Å²) < 4.78 is 19.2. The van der Waals surface area contributed by atoms with Gasteiger partial charge in [0.1, 0.15) is 11.4 Å². The Morgan fingerprint density at radius 1 is 1.23 bits per heavy atom. The average Bonchev–Trinajstić information content (AvgIpc) is 3.32. The normalized spacial score (nSPS) is 27.8. The molecule has 0 radical (unpaired) electrons. The van der Waals surface area contributed by atoms with Gasteiger partial charge in [-0.3, -0.25) is 9.78 Å². The van der Waals surface area contributed by atoms with Crippen molar-refractivity contribution in [3.05, 3.63) is 59.7 Å². The maximum atomic E-state index is 13.5. The van der Waals surface area contributed by atoms with Crippen molar-refractivity contribution < 1.29 is 18.7 Å². The number of anilines is 1. The number of ether oxygens (including phenoxy) is 1. The Kier molecular flexibility index (Phi) is 4.68. The van der Waals surface area contributed by atoms with Gasteiger partial charge in [0, 0.05) is 48.7 Å². The first-order valence-electron chi connectivity index (χ1n) is 10.5. The van der Waals surface area contributed by atoms with Crippen LogP contribution in [0.2, 0.25) is 0 Å². The molecule has 6 nitrogen and oxygen atoms in total. The molecule has 1 saturated carbocycles. The van der Waals surface area contributed by atoms with Crippen molar-refractivity contribution >= 4 is 17.6 Å². The molecule has 1 atom stereocenters. The Balaban J connectivity index is 1.18. The summed E-state index contributed by atoms with van der Waals surface area (Å²) in [5.41, 5.74) is 1.67. The molecule has 1 N–H and O–H groups in total. The second-order valence-electron chi connectivity index (χ2n) is 8.50. The fourth-order valence-corrected chi connectivity index (χ4v) is 5.05. The van der Waals surface area contributed by atoms with Crippen molar-refractivity contribution in [2.75, 3.05) is 18.0 Å². The number of hydrogen-bond acceptors (Lipinski definition) is 5. The van der Waals surface area contributed by atoms with Gasteiger partial charge < -0.3 is 15.0 Å². The van der Waals surface area contributed by atoms with Crippen LogP contribution in [0.15, 0.2) is 42.7 Å². The van der Waals surface area contributed by atoms with Crippen LogP contribution in [0.25, 0.3) is 0 Å². The van der Waals surface area contributed by atoms with Gasteiger partial charge in [-0.05, 0) is 56.4 Å². The van der Waals surface area contributed by atoms with Gasteiger partial charge in [0.15, 0.2) is 0 Å². The molecule has 1 saturated heterocycles. The molecular formula is C23H24FN3O3. The molecular weight excluding hydrogens is 385 g/mol. The van der Waals surface area contributed by atoms with Gasteiger partial charge in [0.25, 0.3) is 0 Å². The zero-order valence-corrected chi connectivity index (χ0v) is 16.6. The molecule has 1 aromatic heterocycles. The van der Waals surface area contributed by atoms with E-state index in [2.05, 4.69) is 15.2 Å². The number of nitrogens with zero attached hydrogens (tertiary/aromatic N) is 2. The minimum Gasteiger partial charge on any atom is -0.450 e. The maximum Gasteiger partial charge on any atom is 0.339 e. The van der Waals surface area contributed by atoms with Gasteiger partial charge in [0.2, 0.25) is 5.91 Å². The molecule has 1 aliphatic carbocycles. The monoisotopic (exact) mass is 409 g/mol. The van der Waals surface area contributed by atoms with Crippen molar-refractivity contribution in [3.8, 4) is 0 Å². The summed E-state index contributed by atoms with van der Waals surface area (Å²) in [6.07, 6.45) is 6.79. The van der Waals surface area contributed by atoms with Crippen molar-refractivity contribution in [1.29, 1.82) is 0 Å². The van der Waals surface area contributed by atoms with Gasteiger partial charge in [-0.1, -0.05) is 6.07 Å². The number of fused-ring (bicyclic) bond motifs is 2. The molecule has 3 aliphatic rings. The molecule has 0 bridgehead atoms. The Hall–Kier alpha value is -2.96. The van der Waals surface area contributed by atoms with Gasteiger partial charge in [-0.25, -0.2) is 9.18 Å². The summed E-state index contributed by atoms with van der Waals surface area (Å²) in [6.45, 7) is 1.48. The third-order valence-corrected chi connectivity index (χ3v) is 6.69. The number of benzene rings is 1. The molecule has 1 spiro atoms. The van der Waals surface area contributed by atoms with Crippen LogP contribution in [0.1, 0.15) is 48.0 Å². The van der Waals surface area contributed by atoms with Crippen LogP contribution < -0.4 is 10.2 Å². The topological polar surface area (TPSA) is 71.5 Å². The van der Waals surface area contributed by atoms with Crippen LogP contribution in [-0.4, -0.2) is 36.0 Å². The lowest BCUT2D eigenvalue weighted by Gasteiger charge is -2.36. The summed E-state index contributed by atoms with van der Waals surface area (Å²) >= 11 is 0. The largest absolute Gasteiger partial charge is 0.450 e. The Labute approximate surface area is 174 Å². The number of pyridine rings is 1. The van der Waals surface area contributed by atoms with Gasteiger partial charge in [0.05, 0.1) is 5.56 Å². The molecule has 2 aliphatic heterocycles. The van der Waals surface area contributed by atoms with E-state index >= 15 is 0 Å². The minimum atomic E-state index is -0.626. The number of amides is 1. The van der Waals surface area contributed by atoms with E-state index in [1.165, 1.54) is 12.1 Å². The molecule has 7 heteroatoms. The first-order chi connectivity index (χ1) is 14.5. The summed E-state index contributed by atoms with van der Waals surface area (Å²) in [5, 5.41) is 3.18. The van der Waals surface area contributed by atoms with Crippen LogP contribution >= 0.6 is 0 Å². The zero-order valence-electron chi connectivity index (χ0n) is 16.6. The molecule has 2 fully saturated rings. The fourth-order valence-electron chi connectivity index (χ4n) is 5.05. The van der Waals surface area contributed by atoms with E-state index < -0.39 is 5.60 Å². The van der Waals surface area contributed by atoms with Crippen LogP contribution in [-0.2, 0) is 15.1 Å². The number of rotatable bonds is 3. The summed E-state index contributed by atoms with van der Waals surface area (Å²) in [4.78, 5) is 31.3. The molecule has 1 amide bonds. The second kappa shape index (κ2) is 7.38. The standard InChI is InChI=1S/C23H24FN3O3/c24-16-2-1-3-18(12-16)27-11-7-17(14-27)26-21(28)15-4-8-23(9-5-15)20-13-25-10-6-19(20)22(29)30-23/h1-3,6,10,12-13,15,17H,4-5,7-9,11,14H2,(H,26,28)/t15?,17-,23?/m0/s1. The highest BCUT2D eigenvalue weighted by Gasteiger charge is 2.48. The first-order valence-corrected chi connectivity index (χ1v) is 10.5. The highest BCUT2D eigenvalue weighted by atomic mass is 19.1. The van der Waals surface area contributed by atoms with Gasteiger partial charge >= 0.3 is 5.97 Å². The van der Waals surface area contributed by atoms with E-state index in [0.717, 1.165) is 24.2 Å². The second-order valence-corrected chi connectivity index (χ2v) is 8.50. The van der Waals surface area contributed by atoms with Crippen molar-refractivity contribution in [2.24, 2.45) is 5.92 Å². The third kappa shape index (κ3) is 3.32. The van der Waals surface area contributed by atoms with Crippen LogP contribution in [0.4, 0.5) is 10.1 Å². The first kappa shape index (κ1) is 19.0. The summed E-state index contributed by atoms with van der Waals surface area (Å²) in [7, 11) is 0. The van der Waals surface area contributed by atoms with Crippen LogP contribution in [0.3, 0.4) is 0 Å². The Bertz CT molecular complexity index is 987.